The molecule has 0 aromatic heterocycles. The molecule has 5 aliphatic carbocycles. The number of benzene rings is 2. The van der Waals surface area contributed by atoms with E-state index in [-0.39, 0.29) is 61.3 Å². The van der Waals surface area contributed by atoms with E-state index in [9.17, 15) is 0 Å². The molecule has 7 rings (SSSR count). The molecule has 0 bridgehead atoms. The van der Waals surface area contributed by atoms with Gasteiger partial charge in [-0.3, -0.25) is 0 Å². The summed E-state index contributed by atoms with van der Waals surface area (Å²) >= 11 is 0. The van der Waals surface area contributed by atoms with Crippen LogP contribution >= 0.6 is 0 Å². The van der Waals surface area contributed by atoms with Gasteiger partial charge in [0.05, 0.1) is 8.07 Å². The van der Waals surface area contributed by atoms with Crippen LogP contribution in [0.4, 0.5) is 0 Å². The molecule has 0 nitrogen and oxygen atoms in total. The Labute approximate surface area is 324 Å². The van der Waals surface area contributed by atoms with E-state index in [1.165, 1.54) is 48.8 Å². The van der Waals surface area contributed by atoms with Crippen LogP contribution in [0, 0.1) is 71.1 Å². The van der Waals surface area contributed by atoms with Crippen molar-refractivity contribution < 1.29 is 26.2 Å². The van der Waals surface area contributed by atoms with Gasteiger partial charge in [0, 0.05) is 0 Å². The van der Waals surface area contributed by atoms with E-state index in [2.05, 4.69) is 134 Å². The van der Waals surface area contributed by atoms with E-state index in [1.54, 1.807) is 22.3 Å². The zero-order chi connectivity index (χ0) is 31.0. The predicted molar refractivity (Wildman–Crippen MR) is 219 cm³/mol. The number of hydrogen-bond acceptors (Lipinski definition) is 0. The molecule has 2 heteroatoms. The van der Waals surface area contributed by atoms with Crippen molar-refractivity contribution in [3.05, 3.63) is 136 Å². The van der Waals surface area contributed by atoms with Gasteiger partial charge in [-0.15, -0.1) is 0 Å². The largest absolute Gasteiger partial charge is 4.00 e. The van der Waals surface area contributed by atoms with Crippen molar-refractivity contribution in [2.45, 2.75) is 103 Å². The Kier molecular flexibility index (Phi) is 14.7. The molecule has 5 aliphatic rings. The van der Waals surface area contributed by atoms with Gasteiger partial charge in [-0.25, -0.2) is 0 Å². The second-order valence-corrected chi connectivity index (χ2v) is 22.2. The number of hydrogen-bond donors (Lipinski definition) is 0. The molecule has 8 atom stereocenters. The van der Waals surface area contributed by atoms with Gasteiger partial charge in [0.25, 0.3) is 0 Å². The molecule has 0 spiro atoms. The Bertz CT molecular complexity index is 1510. The van der Waals surface area contributed by atoms with E-state index in [0.29, 0.717) is 17.8 Å². The second-order valence-electron chi connectivity index (χ2n) is 17.2. The molecule has 8 unspecified atom stereocenters. The van der Waals surface area contributed by atoms with Crippen LogP contribution < -0.4 is 0 Å². The summed E-state index contributed by atoms with van der Waals surface area (Å²) in [6, 6.07) is 21.2. The van der Waals surface area contributed by atoms with Crippen molar-refractivity contribution in [3.8, 4) is 0 Å². The summed E-state index contributed by atoms with van der Waals surface area (Å²) in [7, 11) is -1.73. The Morgan fingerprint density at radius 3 is 2.02 bits per heavy atom. The van der Waals surface area contributed by atoms with Crippen LogP contribution in [0.5, 0.6) is 0 Å². The molecule has 0 amide bonds. The van der Waals surface area contributed by atoms with Crippen molar-refractivity contribution >= 4 is 19.2 Å². The molecule has 2 aromatic carbocycles. The smallest absolute Gasteiger partial charge is 0.358 e. The van der Waals surface area contributed by atoms with Gasteiger partial charge >= 0.3 is 26.2 Å². The second kappa shape index (κ2) is 16.4. The Morgan fingerprint density at radius 2 is 1.41 bits per heavy atom. The molecule has 0 aliphatic heterocycles. The maximum absolute atomic E-state index is 2.86. The fourth-order valence-corrected chi connectivity index (χ4v) is 17.7. The third-order valence-corrected chi connectivity index (χ3v) is 18.3. The summed E-state index contributed by atoms with van der Waals surface area (Å²) in [5.41, 5.74) is 13.1. The summed E-state index contributed by atoms with van der Waals surface area (Å²) in [4.78, 5) is 0. The standard InChI is InChI=1S/C43H56Si.4CH3.Zr/c1-27(2)36-26-37-33(29-20-22-32(23-21-29)43(4,5)6)17-13-19-35(37)42(36)44(7,8)41-28(3)24-38-39(41)25-31-16-12-18-34(31)40(38)30-14-10-9-11-15-30;;;;;/h9-11,13-15,17,19-23,25,27-28,35-39,41-42H,12,16,18,24,26H2,1-8H3;4*1H3;/q;4*-1;+4. The average molecular weight is 752 g/mol. The first-order valence-corrected chi connectivity index (χ1v) is 21.1. The maximum atomic E-state index is 2.86. The Balaban J connectivity index is 0.00000167. The molecular weight excluding hydrogens is 684 g/mol. The number of fused-ring (bicyclic) bond motifs is 3. The van der Waals surface area contributed by atoms with Gasteiger partial charge in [-0.05, 0) is 129 Å². The van der Waals surface area contributed by atoms with Crippen molar-refractivity contribution in [2.24, 2.45) is 41.4 Å². The third kappa shape index (κ3) is 7.54. The molecule has 2 aromatic rings. The predicted octanol–water partition coefficient (Wildman–Crippen LogP) is 13.9. The van der Waals surface area contributed by atoms with E-state index in [0.717, 1.165) is 34.8 Å². The normalized spacial score (nSPS) is 29.9. The molecule has 49 heavy (non-hydrogen) atoms. The first-order valence-electron chi connectivity index (χ1n) is 18.0. The van der Waals surface area contributed by atoms with Crippen LogP contribution in [0.2, 0.25) is 24.2 Å². The average Bonchev–Trinajstić information content (AvgIpc) is 3.70. The summed E-state index contributed by atoms with van der Waals surface area (Å²) in [5.74, 6) is 5.09. The topological polar surface area (TPSA) is 0 Å². The number of allylic oxidation sites excluding steroid dienone is 8. The zero-order valence-corrected chi connectivity index (χ0v) is 36.7. The third-order valence-electron chi connectivity index (χ3n) is 13.1. The molecule has 3 fully saturated rings. The SMILES string of the molecule is CC(C)C1CC2C(c3ccc(C(C)(C)C)cc3)=CC=CC2C1[Si](C)(C)C1C(C)CC2C(c3ccccc3)=C3CCCC3=CC21.[CH3-].[CH3-].[CH3-].[CH3-].[Zr+4]. The fraction of sp³-hybridized carbons (Fsp3) is 0.489. The van der Waals surface area contributed by atoms with E-state index < -0.39 is 8.07 Å². The van der Waals surface area contributed by atoms with Crippen molar-refractivity contribution in [2.75, 3.05) is 0 Å². The first-order chi connectivity index (χ1) is 21.0. The minimum atomic E-state index is -1.73. The van der Waals surface area contributed by atoms with Gasteiger partial charge < -0.3 is 29.7 Å². The zero-order valence-electron chi connectivity index (χ0n) is 33.2. The monoisotopic (exact) mass is 750 g/mol. The summed E-state index contributed by atoms with van der Waals surface area (Å²) in [5, 5.41) is 0. The van der Waals surface area contributed by atoms with E-state index >= 15 is 0 Å². The molecule has 0 saturated heterocycles. The Hall–Kier alpha value is -1.50. The van der Waals surface area contributed by atoms with Gasteiger partial charge in [-0.1, -0.05) is 134 Å². The molecule has 0 N–H and O–H groups in total. The van der Waals surface area contributed by atoms with Gasteiger partial charge in [-0.2, -0.15) is 0 Å². The van der Waals surface area contributed by atoms with Crippen LogP contribution in [0.3, 0.4) is 0 Å². The van der Waals surface area contributed by atoms with E-state index in [1.807, 2.05) is 0 Å². The molecule has 0 heterocycles. The molecule has 3 saturated carbocycles. The Morgan fingerprint density at radius 1 is 0.755 bits per heavy atom. The van der Waals surface area contributed by atoms with Gasteiger partial charge in [0.2, 0.25) is 0 Å². The van der Waals surface area contributed by atoms with Crippen LogP contribution in [0.15, 0.2) is 90.0 Å². The minimum absolute atomic E-state index is 0. The fourth-order valence-electron chi connectivity index (χ4n) is 11.4. The summed E-state index contributed by atoms with van der Waals surface area (Å²) in [6.45, 7) is 20.4. The van der Waals surface area contributed by atoms with Gasteiger partial charge in [0.15, 0.2) is 0 Å². The summed E-state index contributed by atoms with van der Waals surface area (Å²) in [6.07, 6.45) is 17.1. The molecule has 264 valence electrons. The maximum Gasteiger partial charge on any atom is 4.00 e. The number of rotatable bonds is 5. The van der Waals surface area contributed by atoms with Crippen molar-refractivity contribution in [3.63, 3.8) is 0 Å². The quantitative estimate of drug-likeness (QED) is 0.211. The van der Waals surface area contributed by atoms with Crippen molar-refractivity contribution in [1.82, 2.24) is 0 Å². The van der Waals surface area contributed by atoms with Gasteiger partial charge in [0.1, 0.15) is 0 Å². The van der Waals surface area contributed by atoms with Crippen LogP contribution in [0.1, 0.15) is 90.3 Å². The first kappa shape index (κ1) is 43.7. The van der Waals surface area contributed by atoms with Crippen LogP contribution in [-0.4, -0.2) is 8.07 Å². The van der Waals surface area contributed by atoms with Crippen LogP contribution in [0.25, 0.3) is 11.1 Å². The minimum Gasteiger partial charge on any atom is -0.358 e. The van der Waals surface area contributed by atoms with Crippen LogP contribution in [-0.2, 0) is 31.6 Å². The van der Waals surface area contributed by atoms with E-state index in [4.69, 9.17) is 0 Å². The molecule has 0 radical (unpaired) electrons. The molecular formula is C47H68SiZr. The summed E-state index contributed by atoms with van der Waals surface area (Å²) < 4.78 is 0. The van der Waals surface area contributed by atoms with Crippen molar-refractivity contribution in [1.29, 1.82) is 0 Å².